The fourth-order valence-electron chi connectivity index (χ4n) is 3.44. The van der Waals surface area contributed by atoms with Crippen molar-refractivity contribution in [1.82, 2.24) is 14.8 Å². The molecule has 4 rings (SSSR count). The number of pyridine rings is 1. The Bertz CT molecular complexity index is 1160. The summed E-state index contributed by atoms with van der Waals surface area (Å²) in [5.41, 5.74) is 7.03. The number of hydrogen-bond acceptors (Lipinski definition) is 6. The van der Waals surface area contributed by atoms with Crippen LogP contribution in [-0.4, -0.2) is 38.7 Å². The zero-order chi connectivity index (χ0) is 23.2. The van der Waals surface area contributed by atoms with Gasteiger partial charge in [0.1, 0.15) is 18.0 Å². The maximum absolute atomic E-state index is 13.9. The Morgan fingerprint density at radius 3 is 2.75 bits per heavy atom. The number of aliphatic hydroxyl groups is 1. The van der Waals surface area contributed by atoms with E-state index >= 15 is 0 Å². The number of anilines is 1. The number of nitrogens with two attached hydrogens (primary N) is 1. The largest absolute Gasteiger partial charge is 0.482 e. The lowest BCUT2D eigenvalue weighted by atomic mass is 10.1. The molecule has 3 aromatic rings. The molecule has 0 saturated carbocycles. The van der Waals surface area contributed by atoms with E-state index in [2.05, 4.69) is 14.8 Å². The van der Waals surface area contributed by atoms with Crippen LogP contribution in [0.2, 0.25) is 10.0 Å². The van der Waals surface area contributed by atoms with Gasteiger partial charge < -0.3 is 20.3 Å². The summed E-state index contributed by atoms with van der Waals surface area (Å²) < 4.78 is 52.8. The number of aliphatic hydroxyl groups excluding tert-OH is 1. The van der Waals surface area contributed by atoms with Gasteiger partial charge in [-0.15, -0.1) is 0 Å². The summed E-state index contributed by atoms with van der Waals surface area (Å²) >= 11 is 12.2. The Labute approximate surface area is 190 Å². The molecule has 0 bridgehead atoms. The summed E-state index contributed by atoms with van der Waals surface area (Å²) in [4.78, 5) is 4.07. The molecule has 2 aromatic heterocycles. The van der Waals surface area contributed by atoms with E-state index in [4.69, 9.17) is 33.7 Å². The van der Waals surface area contributed by atoms with Crippen molar-refractivity contribution in [3.05, 3.63) is 58.2 Å². The third kappa shape index (κ3) is 4.11. The van der Waals surface area contributed by atoms with Gasteiger partial charge in [0, 0.05) is 34.1 Å². The minimum absolute atomic E-state index is 0.0442. The van der Waals surface area contributed by atoms with Crippen LogP contribution in [-0.2, 0) is 4.74 Å². The summed E-state index contributed by atoms with van der Waals surface area (Å²) in [6, 6.07) is 2.37. The zero-order valence-electron chi connectivity index (χ0n) is 16.5. The maximum atomic E-state index is 13.9. The zero-order valence-corrected chi connectivity index (χ0v) is 18.0. The molecule has 2 unspecified atom stereocenters. The molecular formula is C20H17Cl2F3N4O3. The number of hydrogen-bond donors (Lipinski definition) is 2. The van der Waals surface area contributed by atoms with Gasteiger partial charge in [-0.25, -0.2) is 9.37 Å². The van der Waals surface area contributed by atoms with Gasteiger partial charge in [0.2, 0.25) is 0 Å². The molecule has 170 valence electrons. The molecule has 1 aromatic carbocycles. The van der Waals surface area contributed by atoms with Crippen LogP contribution in [0.4, 0.5) is 19.0 Å². The lowest BCUT2D eigenvalue weighted by Crippen LogP contribution is -2.32. The van der Waals surface area contributed by atoms with Gasteiger partial charge in [0.05, 0.1) is 17.8 Å². The molecule has 12 heteroatoms. The number of alkyl halides is 2. The average molecular weight is 489 g/mol. The summed E-state index contributed by atoms with van der Waals surface area (Å²) in [5, 5.41) is 13.8. The van der Waals surface area contributed by atoms with Crippen LogP contribution in [0.1, 0.15) is 24.6 Å². The molecule has 32 heavy (non-hydrogen) atoms. The first-order chi connectivity index (χ1) is 15.1. The smallest absolute Gasteiger partial charge is 0.380 e. The van der Waals surface area contributed by atoms with Crippen LogP contribution < -0.4 is 10.5 Å². The molecule has 0 aliphatic carbocycles. The highest BCUT2D eigenvalue weighted by molar-refractivity contribution is 6.36. The van der Waals surface area contributed by atoms with Crippen LogP contribution in [0, 0.1) is 5.82 Å². The first-order valence-corrected chi connectivity index (χ1v) is 10.1. The topological polar surface area (TPSA) is 95.4 Å². The Balaban J connectivity index is 1.62. The maximum Gasteiger partial charge on any atom is 0.380 e. The van der Waals surface area contributed by atoms with E-state index in [0.29, 0.717) is 11.1 Å². The second-order valence-electron chi connectivity index (χ2n) is 7.22. The number of rotatable bonds is 5. The van der Waals surface area contributed by atoms with Crippen molar-refractivity contribution >= 4 is 29.0 Å². The van der Waals surface area contributed by atoms with E-state index in [0.717, 1.165) is 10.7 Å². The van der Waals surface area contributed by atoms with Crippen molar-refractivity contribution in [3.63, 3.8) is 0 Å². The van der Waals surface area contributed by atoms with Gasteiger partial charge in [0.25, 0.3) is 0 Å². The fourth-order valence-corrected chi connectivity index (χ4v) is 4.12. The molecule has 7 nitrogen and oxygen atoms in total. The minimum atomic E-state index is -3.56. The first-order valence-electron chi connectivity index (χ1n) is 9.38. The number of nitrogen functional groups attached to an aromatic ring is 1. The summed E-state index contributed by atoms with van der Waals surface area (Å²) in [6.45, 7) is 1.11. The number of aromatic nitrogens is 3. The van der Waals surface area contributed by atoms with E-state index in [1.54, 1.807) is 6.92 Å². The van der Waals surface area contributed by atoms with E-state index in [9.17, 15) is 18.3 Å². The van der Waals surface area contributed by atoms with Crippen LogP contribution in [0.15, 0.2) is 36.8 Å². The average Bonchev–Trinajstić information content (AvgIpc) is 3.30. The molecule has 0 amide bonds. The lowest BCUT2D eigenvalue weighted by Gasteiger charge is -2.19. The first kappa shape index (κ1) is 22.7. The van der Waals surface area contributed by atoms with Crippen molar-refractivity contribution in [3.8, 4) is 16.9 Å². The van der Waals surface area contributed by atoms with Crippen molar-refractivity contribution < 1.29 is 27.8 Å². The Hall–Kier alpha value is -2.53. The van der Waals surface area contributed by atoms with Crippen LogP contribution >= 0.6 is 23.2 Å². The normalized spacial score (nSPS) is 21.0. The summed E-state index contributed by atoms with van der Waals surface area (Å²) in [5.74, 6) is -0.458. The van der Waals surface area contributed by atoms with Gasteiger partial charge in [-0.2, -0.15) is 13.9 Å². The lowest BCUT2D eigenvalue weighted by molar-refractivity contribution is -0.228. The molecule has 3 N–H and O–H groups in total. The second-order valence-corrected chi connectivity index (χ2v) is 8.00. The molecule has 1 saturated heterocycles. The number of ether oxygens (including phenoxy) is 2. The molecular weight excluding hydrogens is 472 g/mol. The Kier molecular flexibility index (Phi) is 5.97. The molecule has 0 radical (unpaired) electrons. The highest BCUT2D eigenvalue weighted by Crippen LogP contribution is 2.40. The van der Waals surface area contributed by atoms with Gasteiger partial charge in [-0.1, -0.05) is 23.2 Å². The summed E-state index contributed by atoms with van der Waals surface area (Å²) in [7, 11) is 0. The second kappa shape index (κ2) is 8.43. The number of nitrogens with zero attached hydrogens (tertiary/aromatic N) is 3. The van der Waals surface area contributed by atoms with Gasteiger partial charge in [0.15, 0.2) is 17.6 Å². The van der Waals surface area contributed by atoms with Gasteiger partial charge >= 0.3 is 6.11 Å². The number of halogens is 5. The van der Waals surface area contributed by atoms with Crippen molar-refractivity contribution in [2.24, 2.45) is 0 Å². The van der Waals surface area contributed by atoms with E-state index in [1.165, 1.54) is 30.7 Å². The highest BCUT2D eigenvalue weighted by Gasteiger charge is 2.53. The van der Waals surface area contributed by atoms with Crippen LogP contribution in [0.5, 0.6) is 5.75 Å². The fraction of sp³-hybridized carbons (Fsp3) is 0.300. The summed E-state index contributed by atoms with van der Waals surface area (Å²) in [6.07, 6.45) is -1.68. The predicted octanol–water partition coefficient (Wildman–Crippen LogP) is 4.64. The van der Waals surface area contributed by atoms with E-state index < -0.39 is 36.8 Å². The van der Waals surface area contributed by atoms with Crippen molar-refractivity contribution in [2.45, 2.75) is 31.3 Å². The Morgan fingerprint density at radius 1 is 1.31 bits per heavy atom. The minimum Gasteiger partial charge on any atom is -0.482 e. The quantitative estimate of drug-likeness (QED) is 0.508. The third-order valence-corrected chi connectivity index (χ3v) is 5.76. The molecule has 3 heterocycles. The molecule has 3 atom stereocenters. The van der Waals surface area contributed by atoms with Gasteiger partial charge in [-0.3, -0.25) is 4.68 Å². The van der Waals surface area contributed by atoms with Gasteiger partial charge in [-0.05, 0) is 25.1 Å². The standard InChI is InChI=1S/C20H17Cl2F3N4O3/c1-9(16-12(21)2-3-13(23)17(16)22)32-15-4-10(5-27-19(15)26)11-6-28-29(7-11)18-14(30)8-31-20(18,24)25/h2-7,9,14,18,30H,8H2,1H3,(H2,26,27)/t9-,14?,18?/m1/s1. The molecule has 1 aliphatic heterocycles. The SMILES string of the molecule is C[C@@H](Oc1cc(-c2cnn(C3C(O)COC3(F)F)c2)cnc1N)c1c(Cl)ccc(F)c1Cl. The van der Waals surface area contributed by atoms with E-state index in [1.807, 2.05) is 0 Å². The number of benzene rings is 1. The Morgan fingerprint density at radius 2 is 2.06 bits per heavy atom. The van der Waals surface area contributed by atoms with E-state index in [-0.39, 0.29) is 27.2 Å². The predicted molar refractivity (Wildman–Crippen MR) is 111 cm³/mol. The van der Waals surface area contributed by atoms with Crippen LogP contribution in [0.3, 0.4) is 0 Å². The molecule has 1 aliphatic rings. The highest BCUT2D eigenvalue weighted by atomic mass is 35.5. The molecule has 0 spiro atoms. The van der Waals surface area contributed by atoms with Crippen molar-refractivity contribution in [2.75, 3.05) is 12.3 Å². The monoisotopic (exact) mass is 488 g/mol. The van der Waals surface area contributed by atoms with Crippen molar-refractivity contribution in [1.29, 1.82) is 0 Å². The van der Waals surface area contributed by atoms with Crippen LogP contribution in [0.25, 0.3) is 11.1 Å². The molecule has 1 fully saturated rings. The third-order valence-electron chi connectivity index (χ3n) is 5.05.